The highest BCUT2D eigenvalue weighted by Gasteiger charge is 2.34. The van der Waals surface area contributed by atoms with Crippen LogP contribution in [0.25, 0.3) is 0 Å². The minimum Gasteiger partial charge on any atom is -0.481 e. The number of carboxylic acids is 1. The summed E-state index contributed by atoms with van der Waals surface area (Å²) >= 11 is 0. The summed E-state index contributed by atoms with van der Waals surface area (Å²) < 4.78 is 5.64. The maximum absolute atomic E-state index is 12.4. The van der Waals surface area contributed by atoms with Gasteiger partial charge in [-0.15, -0.1) is 0 Å². The highest BCUT2D eigenvalue weighted by atomic mass is 16.5. The van der Waals surface area contributed by atoms with Crippen molar-refractivity contribution < 1.29 is 19.4 Å². The Labute approximate surface area is 124 Å². The first-order chi connectivity index (χ1) is 9.99. The summed E-state index contributed by atoms with van der Waals surface area (Å²) in [5.74, 6) is -0.557. The van der Waals surface area contributed by atoms with Gasteiger partial charge < -0.3 is 14.7 Å². The minimum atomic E-state index is -0.775. The van der Waals surface area contributed by atoms with Crippen LogP contribution in [0.1, 0.15) is 26.7 Å². The Kier molecular flexibility index (Phi) is 4.83. The van der Waals surface area contributed by atoms with Gasteiger partial charge in [0.1, 0.15) is 5.75 Å². The van der Waals surface area contributed by atoms with Crippen LogP contribution in [0.3, 0.4) is 0 Å². The lowest BCUT2D eigenvalue weighted by Gasteiger charge is -2.37. The molecule has 1 N–H and O–H groups in total. The number of likely N-dealkylation sites (tertiary alicyclic amines) is 1. The van der Waals surface area contributed by atoms with Crippen molar-refractivity contribution in [3.8, 4) is 5.75 Å². The van der Waals surface area contributed by atoms with Crippen LogP contribution in [0.4, 0.5) is 0 Å². The fourth-order valence-corrected chi connectivity index (χ4v) is 2.71. The van der Waals surface area contributed by atoms with E-state index in [9.17, 15) is 9.59 Å². The second-order valence-electron chi connectivity index (χ2n) is 5.51. The molecule has 1 aliphatic heterocycles. The molecule has 0 saturated carbocycles. The fraction of sp³-hybridized carbons (Fsp3) is 0.500. The second kappa shape index (κ2) is 6.61. The molecule has 1 aromatic rings. The molecule has 5 nitrogen and oxygen atoms in total. The zero-order valence-electron chi connectivity index (χ0n) is 12.4. The average molecular weight is 291 g/mol. The van der Waals surface area contributed by atoms with E-state index < -0.39 is 12.1 Å². The molecule has 0 radical (unpaired) electrons. The van der Waals surface area contributed by atoms with Crippen molar-refractivity contribution in [2.45, 2.75) is 38.8 Å². The number of rotatable bonds is 4. The lowest BCUT2D eigenvalue weighted by atomic mass is 9.91. The number of carboxylic acid groups (broad SMARTS) is 1. The van der Waals surface area contributed by atoms with E-state index in [1.54, 1.807) is 11.8 Å². The van der Waals surface area contributed by atoms with Crippen molar-refractivity contribution in [2.75, 3.05) is 6.54 Å². The van der Waals surface area contributed by atoms with E-state index in [4.69, 9.17) is 9.84 Å². The quantitative estimate of drug-likeness (QED) is 0.923. The second-order valence-corrected chi connectivity index (χ2v) is 5.51. The molecule has 2 rings (SSSR count). The minimum absolute atomic E-state index is 0.0748. The van der Waals surface area contributed by atoms with E-state index in [2.05, 4.69) is 0 Å². The number of amides is 1. The number of benzene rings is 1. The smallest absolute Gasteiger partial charge is 0.306 e. The first kappa shape index (κ1) is 15.4. The van der Waals surface area contributed by atoms with Gasteiger partial charge in [0.2, 0.25) is 0 Å². The molecule has 114 valence electrons. The van der Waals surface area contributed by atoms with E-state index in [0.29, 0.717) is 25.1 Å². The zero-order chi connectivity index (χ0) is 15.4. The summed E-state index contributed by atoms with van der Waals surface area (Å²) in [7, 11) is 0. The molecule has 1 heterocycles. The molecule has 0 spiro atoms. The Morgan fingerprint density at radius 2 is 2.00 bits per heavy atom. The van der Waals surface area contributed by atoms with Gasteiger partial charge in [-0.3, -0.25) is 9.59 Å². The molecular formula is C16H21NO4. The third-order valence-electron chi connectivity index (χ3n) is 3.91. The van der Waals surface area contributed by atoms with Crippen LogP contribution in [0.15, 0.2) is 30.3 Å². The molecule has 21 heavy (non-hydrogen) atoms. The Morgan fingerprint density at radius 1 is 1.33 bits per heavy atom. The van der Waals surface area contributed by atoms with Gasteiger partial charge in [0.25, 0.3) is 5.91 Å². The van der Waals surface area contributed by atoms with Crippen molar-refractivity contribution in [1.29, 1.82) is 0 Å². The number of aliphatic carboxylic acids is 1. The predicted molar refractivity (Wildman–Crippen MR) is 78.1 cm³/mol. The highest BCUT2D eigenvalue weighted by Crippen LogP contribution is 2.24. The summed E-state index contributed by atoms with van der Waals surface area (Å²) in [6.45, 7) is 4.09. The molecule has 1 aliphatic rings. The maximum Gasteiger partial charge on any atom is 0.306 e. The molecule has 1 fully saturated rings. The van der Waals surface area contributed by atoms with Crippen LogP contribution in [0.5, 0.6) is 5.75 Å². The van der Waals surface area contributed by atoms with Gasteiger partial charge in [-0.2, -0.15) is 0 Å². The van der Waals surface area contributed by atoms with Gasteiger partial charge in [-0.1, -0.05) is 18.2 Å². The van der Waals surface area contributed by atoms with E-state index in [1.807, 2.05) is 37.3 Å². The predicted octanol–water partition coefficient (Wildman–Crippen LogP) is 2.17. The number of hydrogen-bond donors (Lipinski definition) is 1. The number of piperidine rings is 1. The van der Waals surface area contributed by atoms with Crippen LogP contribution in [0, 0.1) is 5.92 Å². The largest absolute Gasteiger partial charge is 0.481 e. The number of nitrogens with zero attached hydrogens (tertiary/aromatic N) is 1. The number of ether oxygens (including phenoxy) is 1. The van der Waals surface area contributed by atoms with Gasteiger partial charge in [0.15, 0.2) is 6.10 Å². The Morgan fingerprint density at radius 3 is 2.57 bits per heavy atom. The summed E-state index contributed by atoms with van der Waals surface area (Å²) in [6.07, 6.45) is 0.430. The molecule has 1 amide bonds. The summed E-state index contributed by atoms with van der Waals surface area (Å²) in [5.41, 5.74) is 0. The van der Waals surface area contributed by atoms with Crippen molar-refractivity contribution >= 4 is 11.9 Å². The standard InChI is InChI=1S/C16H21NO4/c1-11-10-13(16(19)20)8-9-17(11)15(18)12(2)21-14-6-4-3-5-7-14/h3-7,11-13H,8-10H2,1-2H3,(H,19,20). The van der Waals surface area contributed by atoms with Crippen LogP contribution >= 0.6 is 0 Å². The summed E-state index contributed by atoms with van der Waals surface area (Å²) in [6, 6.07) is 9.14. The number of carbonyl (C=O) groups excluding carboxylic acids is 1. The Hall–Kier alpha value is -2.04. The van der Waals surface area contributed by atoms with E-state index in [1.165, 1.54) is 0 Å². The molecule has 3 unspecified atom stereocenters. The molecular weight excluding hydrogens is 270 g/mol. The molecule has 5 heteroatoms. The first-order valence-electron chi connectivity index (χ1n) is 7.24. The molecule has 3 atom stereocenters. The maximum atomic E-state index is 12.4. The van der Waals surface area contributed by atoms with Gasteiger partial charge in [-0.25, -0.2) is 0 Å². The third kappa shape index (κ3) is 3.74. The van der Waals surface area contributed by atoms with E-state index >= 15 is 0 Å². The average Bonchev–Trinajstić information content (AvgIpc) is 2.47. The Balaban J connectivity index is 1.95. The van der Waals surface area contributed by atoms with Crippen molar-refractivity contribution in [3.63, 3.8) is 0 Å². The highest BCUT2D eigenvalue weighted by molar-refractivity contribution is 5.81. The molecule has 1 saturated heterocycles. The van der Waals surface area contributed by atoms with Crippen LogP contribution in [0.2, 0.25) is 0 Å². The van der Waals surface area contributed by atoms with Crippen molar-refractivity contribution in [1.82, 2.24) is 4.90 Å². The topological polar surface area (TPSA) is 66.8 Å². The van der Waals surface area contributed by atoms with Crippen LogP contribution in [-0.2, 0) is 9.59 Å². The zero-order valence-corrected chi connectivity index (χ0v) is 12.4. The van der Waals surface area contributed by atoms with Gasteiger partial charge in [0.05, 0.1) is 5.92 Å². The summed E-state index contributed by atoms with van der Waals surface area (Å²) in [5, 5.41) is 9.06. The van der Waals surface area contributed by atoms with Crippen LogP contribution < -0.4 is 4.74 Å². The summed E-state index contributed by atoms with van der Waals surface area (Å²) in [4.78, 5) is 25.2. The third-order valence-corrected chi connectivity index (χ3v) is 3.91. The number of para-hydroxylation sites is 1. The van der Waals surface area contributed by atoms with Gasteiger partial charge in [-0.05, 0) is 38.8 Å². The lowest BCUT2D eigenvalue weighted by molar-refractivity contribution is -0.149. The van der Waals surface area contributed by atoms with Gasteiger partial charge in [0, 0.05) is 12.6 Å². The fourth-order valence-electron chi connectivity index (χ4n) is 2.71. The SMILES string of the molecule is CC(Oc1ccccc1)C(=O)N1CCC(C(=O)O)CC1C. The molecule has 1 aromatic carbocycles. The monoisotopic (exact) mass is 291 g/mol. The first-order valence-corrected chi connectivity index (χ1v) is 7.24. The molecule has 0 aromatic heterocycles. The number of hydrogen-bond acceptors (Lipinski definition) is 3. The van der Waals surface area contributed by atoms with E-state index in [-0.39, 0.29) is 17.9 Å². The van der Waals surface area contributed by atoms with E-state index in [0.717, 1.165) is 0 Å². The lowest BCUT2D eigenvalue weighted by Crippen LogP contribution is -2.50. The van der Waals surface area contributed by atoms with Crippen molar-refractivity contribution in [3.05, 3.63) is 30.3 Å². The van der Waals surface area contributed by atoms with Crippen molar-refractivity contribution in [2.24, 2.45) is 5.92 Å². The molecule has 0 bridgehead atoms. The molecule has 0 aliphatic carbocycles. The van der Waals surface area contributed by atoms with Gasteiger partial charge >= 0.3 is 5.97 Å². The Bertz CT molecular complexity index is 502. The normalized spacial score (nSPS) is 23.4. The number of carbonyl (C=O) groups is 2. The van der Waals surface area contributed by atoms with Crippen LogP contribution in [-0.4, -0.2) is 40.6 Å².